The van der Waals surface area contributed by atoms with Gasteiger partial charge in [0, 0.05) is 22.2 Å². The second-order valence-corrected chi connectivity index (χ2v) is 7.11. The van der Waals surface area contributed by atoms with E-state index in [1.165, 1.54) is 0 Å². The molecule has 2 aromatic heterocycles. The van der Waals surface area contributed by atoms with Crippen LogP contribution < -0.4 is 5.32 Å². The van der Waals surface area contributed by atoms with E-state index >= 15 is 0 Å². The molecule has 0 saturated carbocycles. The Morgan fingerprint density at radius 1 is 0.926 bits per heavy atom. The molecular formula is C22H17ClN4. The Labute approximate surface area is 161 Å². The van der Waals surface area contributed by atoms with Crippen LogP contribution in [0.3, 0.4) is 0 Å². The lowest BCUT2D eigenvalue weighted by Gasteiger charge is -2.10. The Morgan fingerprint density at radius 3 is 2.52 bits per heavy atom. The van der Waals surface area contributed by atoms with Crippen LogP contribution in [0.1, 0.15) is 18.2 Å². The SMILES string of the molecule is Clc1ccc(-c2cccc(-c3cnc4n[nH]c(C5CC=CN5)c4c3)c2)cc1. The number of hydrogen-bond acceptors (Lipinski definition) is 3. The Kier molecular flexibility index (Phi) is 3.91. The molecule has 1 aliphatic heterocycles. The lowest BCUT2D eigenvalue weighted by Crippen LogP contribution is -2.10. The molecule has 1 unspecified atom stereocenters. The van der Waals surface area contributed by atoms with Gasteiger partial charge in [0.2, 0.25) is 0 Å². The van der Waals surface area contributed by atoms with Gasteiger partial charge >= 0.3 is 0 Å². The summed E-state index contributed by atoms with van der Waals surface area (Å²) in [5, 5.41) is 12.7. The number of fused-ring (bicyclic) bond motifs is 1. The molecule has 0 bridgehead atoms. The molecule has 4 aromatic rings. The molecule has 0 amide bonds. The van der Waals surface area contributed by atoms with Crippen molar-refractivity contribution >= 4 is 22.6 Å². The van der Waals surface area contributed by atoms with E-state index in [0.717, 1.165) is 50.4 Å². The highest BCUT2D eigenvalue weighted by molar-refractivity contribution is 6.30. The van der Waals surface area contributed by atoms with E-state index in [9.17, 15) is 0 Å². The fraction of sp³-hybridized carbons (Fsp3) is 0.0909. The van der Waals surface area contributed by atoms with Gasteiger partial charge in [0.25, 0.3) is 0 Å². The van der Waals surface area contributed by atoms with Gasteiger partial charge in [-0.25, -0.2) is 4.98 Å². The summed E-state index contributed by atoms with van der Waals surface area (Å²) >= 11 is 6.01. The smallest absolute Gasteiger partial charge is 0.181 e. The molecule has 27 heavy (non-hydrogen) atoms. The van der Waals surface area contributed by atoms with Gasteiger partial charge in [-0.1, -0.05) is 48.0 Å². The maximum absolute atomic E-state index is 6.01. The summed E-state index contributed by atoms with van der Waals surface area (Å²) in [5.74, 6) is 0. The fourth-order valence-electron chi connectivity index (χ4n) is 3.52. The number of halogens is 1. The third-order valence-corrected chi connectivity index (χ3v) is 5.20. The van der Waals surface area contributed by atoms with Crippen molar-refractivity contribution in [3.05, 3.63) is 83.8 Å². The van der Waals surface area contributed by atoms with Crippen molar-refractivity contribution in [1.82, 2.24) is 20.5 Å². The number of rotatable bonds is 3. The quantitative estimate of drug-likeness (QED) is 0.499. The number of hydrogen-bond donors (Lipinski definition) is 2. The number of aromatic amines is 1. The summed E-state index contributed by atoms with van der Waals surface area (Å²) in [4.78, 5) is 4.56. The molecule has 2 N–H and O–H groups in total. The first kappa shape index (κ1) is 16.1. The van der Waals surface area contributed by atoms with E-state index in [2.05, 4.69) is 56.9 Å². The predicted molar refractivity (Wildman–Crippen MR) is 109 cm³/mol. The summed E-state index contributed by atoms with van der Waals surface area (Å²) in [7, 11) is 0. The van der Waals surface area contributed by atoms with Crippen molar-refractivity contribution in [1.29, 1.82) is 0 Å². The zero-order valence-electron chi connectivity index (χ0n) is 14.5. The van der Waals surface area contributed by atoms with Gasteiger partial charge in [-0.3, -0.25) is 5.10 Å². The zero-order chi connectivity index (χ0) is 18.2. The Bertz CT molecular complexity index is 1140. The minimum atomic E-state index is 0.229. The molecule has 3 heterocycles. The standard InChI is InChI=1S/C22H17ClN4/c23-18-8-6-14(7-9-18)15-3-1-4-16(11-15)17-12-19-21(20-5-2-10-24-20)26-27-22(19)25-13-17/h1-4,6-13,20,24H,5H2,(H,25,26,27). The van der Waals surface area contributed by atoms with E-state index in [-0.39, 0.29) is 6.04 Å². The normalized spacial score (nSPS) is 16.0. The third-order valence-electron chi connectivity index (χ3n) is 4.95. The van der Waals surface area contributed by atoms with E-state index in [1.54, 1.807) is 0 Å². The molecule has 1 atom stereocenters. The topological polar surface area (TPSA) is 53.6 Å². The van der Waals surface area contributed by atoms with Crippen molar-refractivity contribution < 1.29 is 0 Å². The van der Waals surface area contributed by atoms with Crippen LogP contribution in [0.15, 0.2) is 73.1 Å². The van der Waals surface area contributed by atoms with Crippen LogP contribution in [-0.4, -0.2) is 15.2 Å². The summed E-state index contributed by atoms with van der Waals surface area (Å²) < 4.78 is 0. The number of aromatic nitrogens is 3. The van der Waals surface area contributed by atoms with Gasteiger partial charge in [0.15, 0.2) is 5.65 Å². The van der Waals surface area contributed by atoms with Crippen molar-refractivity contribution in [2.24, 2.45) is 0 Å². The van der Waals surface area contributed by atoms with E-state index in [4.69, 9.17) is 11.6 Å². The largest absolute Gasteiger partial charge is 0.382 e. The molecule has 132 valence electrons. The molecular weight excluding hydrogens is 356 g/mol. The monoisotopic (exact) mass is 372 g/mol. The molecule has 5 heteroatoms. The molecule has 0 saturated heterocycles. The maximum Gasteiger partial charge on any atom is 0.181 e. The predicted octanol–water partition coefficient (Wildman–Crippen LogP) is 5.49. The van der Waals surface area contributed by atoms with E-state index < -0.39 is 0 Å². The van der Waals surface area contributed by atoms with Crippen LogP contribution >= 0.6 is 11.6 Å². The average Bonchev–Trinajstić information content (AvgIpc) is 3.37. The Hall–Kier alpha value is -3.11. The van der Waals surface area contributed by atoms with Crippen molar-refractivity contribution in [3.8, 4) is 22.3 Å². The van der Waals surface area contributed by atoms with Crippen LogP contribution in [0.25, 0.3) is 33.3 Å². The van der Waals surface area contributed by atoms with Crippen LogP contribution in [0.5, 0.6) is 0 Å². The molecule has 0 aliphatic carbocycles. The first-order chi connectivity index (χ1) is 13.3. The molecule has 5 rings (SSSR count). The molecule has 0 spiro atoms. The van der Waals surface area contributed by atoms with Crippen LogP contribution in [-0.2, 0) is 0 Å². The second kappa shape index (κ2) is 6.56. The number of nitrogens with one attached hydrogen (secondary N) is 2. The molecule has 0 radical (unpaired) electrons. The third kappa shape index (κ3) is 2.98. The fourth-order valence-corrected chi connectivity index (χ4v) is 3.65. The molecule has 2 aromatic carbocycles. The van der Waals surface area contributed by atoms with Gasteiger partial charge in [0.05, 0.1) is 11.7 Å². The molecule has 1 aliphatic rings. The van der Waals surface area contributed by atoms with Gasteiger partial charge < -0.3 is 5.32 Å². The van der Waals surface area contributed by atoms with Gasteiger partial charge in [-0.2, -0.15) is 5.10 Å². The van der Waals surface area contributed by atoms with Crippen LogP contribution in [0.2, 0.25) is 5.02 Å². The summed E-state index contributed by atoms with van der Waals surface area (Å²) in [5.41, 5.74) is 6.32. The Morgan fingerprint density at radius 2 is 1.74 bits per heavy atom. The highest BCUT2D eigenvalue weighted by Gasteiger charge is 2.18. The van der Waals surface area contributed by atoms with E-state index in [1.807, 2.05) is 36.7 Å². The summed E-state index contributed by atoms with van der Waals surface area (Å²) in [6, 6.07) is 18.8. The number of H-pyrrole nitrogens is 1. The maximum atomic E-state index is 6.01. The van der Waals surface area contributed by atoms with E-state index in [0.29, 0.717) is 0 Å². The highest BCUT2D eigenvalue weighted by Crippen LogP contribution is 2.31. The number of nitrogens with zero attached hydrogens (tertiary/aromatic N) is 2. The first-order valence-corrected chi connectivity index (χ1v) is 9.27. The first-order valence-electron chi connectivity index (χ1n) is 8.89. The summed E-state index contributed by atoms with van der Waals surface area (Å²) in [6.07, 6.45) is 6.95. The molecule has 0 fully saturated rings. The van der Waals surface area contributed by atoms with Crippen molar-refractivity contribution in [3.63, 3.8) is 0 Å². The van der Waals surface area contributed by atoms with Gasteiger partial charge in [0.1, 0.15) is 0 Å². The van der Waals surface area contributed by atoms with Crippen LogP contribution in [0, 0.1) is 0 Å². The lowest BCUT2D eigenvalue weighted by atomic mass is 9.99. The lowest BCUT2D eigenvalue weighted by molar-refractivity contribution is 0.653. The van der Waals surface area contributed by atoms with Crippen molar-refractivity contribution in [2.45, 2.75) is 12.5 Å². The molecule has 4 nitrogen and oxygen atoms in total. The average molecular weight is 373 g/mol. The number of pyridine rings is 1. The van der Waals surface area contributed by atoms with Gasteiger partial charge in [-0.15, -0.1) is 0 Å². The minimum absolute atomic E-state index is 0.229. The second-order valence-electron chi connectivity index (χ2n) is 6.68. The van der Waals surface area contributed by atoms with Crippen LogP contribution in [0.4, 0.5) is 0 Å². The van der Waals surface area contributed by atoms with Gasteiger partial charge in [-0.05, 0) is 53.6 Å². The Balaban J connectivity index is 1.56. The summed E-state index contributed by atoms with van der Waals surface area (Å²) in [6.45, 7) is 0. The highest BCUT2D eigenvalue weighted by atomic mass is 35.5. The zero-order valence-corrected chi connectivity index (χ0v) is 15.2. The number of benzene rings is 2. The minimum Gasteiger partial charge on any atom is -0.382 e. The van der Waals surface area contributed by atoms with Crippen molar-refractivity contribution in [2.75, 3.05) is 0 Å².